The zero-order valence-electron chi connectivity index (χ0n) is 5.20. The largest absolute Gasteiger partial charge is 0.369 e. The second-order valence-corrected chi connectivity index (χ2v) is 1.83. The van der Waals surface area contributed by atoms with Crippen LogP contribution in [0, 0.1) is 0 Å². The molecule has 0 unspecified atom stereocenters. The molecule has 5 heteroatoms. The molecule has 50 valence electrons. The highest BCUT2D eigenvalue weighted by Crippen LogP contribution is 1.89. The summed E-state index contributed by atoms with van der Waals surface area (Å²) in [7, 11) is 1.80. The van der Waals surface area contributed by atoms with Gasteiger partial charge in [-0.3, -0.25) is 0 Å². The molecule has 9 heavy (non-hydrogen) atoms. The fourth-order valence-corrected chi connectivity index (χ4v) is 0.489. The monoisotopic (exact) mass is 127 g/mol. The topological polar surface area (TPSA) is 80.0 Å². The summed E-state index contributed by atoms with van der Waals surface area (Å²) >= 11 is 0. The lowest BCUT2D eigenvalue weighted by atomic mass is 10.7. The highest BCUT2D eigenvalue weighted by Gasteiger charge is 2.05. The predicted molar refractivity (Wildman–Crippen MR) is 35.9 cm³/mol. The zero-order valence-corrected chi connectivity index (χ0v) is 5.20. The van der Waals surface area contributed by atoms with E-state index in [1.165, 1.54) is 0 Å². The first-order valence-electron chi connectivity index (χ1n) is 2.55. The summed E-state index contributed by atoms with van der Waals surface area (Å²) < 4.78 is 0. The lowest BCUT2D eigenvalue weighted by Gasteiger charge is -2.18. The molecule has 0 saturated heterocycles. The van der Waals surface area contributed by atoms with Gasteiger partial charge in [-0.1, -0.05) is 0 Å². The molecule has 0 aromatic carbocycles. The highest BCUT2D eigenvalue weighted by atomic mass is 15.3. The Morgan fingerprint density at radius 2 is 2.22 bits per heavy atom. The van der Waals surface area contributed by atoms with Crippen molar-refractivity contribution in [1.82, 2.24) is 4.90 Å². The van der Waals surface area contributed by atoms with Gasteiger partial charge in [-0.15, -0.1) is 0 Å². The summed E-state index contributed by atoms with van der Waals surface area (Å²) in [5, 5.41) is 0. The Morgan fingerprint density at radius 1 is 1.56 bits per heavy atom. The average Bonchev–Trinajstić information content (AvgIpc) is 1.80. The van der Waals surface area contributed by atoms with Crippen LogP contribution in [-0.2, 0) is 0 Å². The third-order valence-corrected chi connectivity index (χ3v) is 1.07. The maximum atomic E-state index is 5.38. The van der Waals surface area contributed by atoms with Crippen molar-refractivity contribution < 1.29 is 0 Å². The van der Waals surface area contributed by atoms with Crippen LogP contribution in [-0.4, -0.2) is 30.5 Å². The van der Waals surface area contributed by atoms with Gasteiger partial charge in [0.2, 0.25) is 11.9 Å². The smallest absolute Gasteiger partial charge is 0.220 e. The van der Waals surface area contributed by atoms with E-state index in [0.29, 0.717) is 12.6 Å². The van der Waals surface area contributed by atoms with E-state index in [0.717, 1.165) is 0 Å². The van der Waals surface area contributed by atoms with Gasteiger partial charge in [0, 0.05) is 7.05 Å². The Labute approximate surface area is 53.1 Å². The van der Waals surface area contributed by atoms with Crippen molar-refractivity contribution in [2.24, 2.45) is 21.5 Å². The minimum Gasteiger partial charge on any atom is -0.369 e. The van der Waals surface area contributed by atoms with Gasteiger partial charge in [0.15, 0.2) is 0 Å². The van der Waals surface area contributed by atoms with Crippen LogP contribution in [0.2, 0.25) is 0 Å². The van der Waals surface area contributed by atoms with E-state index >= 15 is 0 Å². The maximum Gasteiger partial charge on any atom is 0.220 e. The van der Waals surface area contributed by atoms with Crippen LogP contribution in [0.25, 0.3) is 0 Å². The van der Waals surface area contributed by atoms with Crippen LogP contribution in [0.1, 0.15) is 0 Å². The molecular formula is C4H9N5. The van der Waals surface area contributed by atoms with Crippen LogP contribution < -0.4 is 11.5 Å². The van der Waals surface area contributed by atoms with Gasteiger partial charge in [-0.25, -0.2) is 4.99 Å². The minimum absolute atomic E-state index is 0.255. The SMILES string of the molecule is CN1CN=C(N)N=C1N. The van der Waals surface area contributed by atoms with Crippen molar-refractivity contribution in [1.29, 1.82) is 0 Å². The molecule has 0 atom stereocenters. The Kier molecular flexibility index (Phi) is 1.26. The molecule has 0 aromatic heterocycles. The standard InChI is InChI=1S/C4H9N5/c1-9-2-7-3(5)8-4(9)6/h2H2,1H3,(H4,5,6,7,8). The summed E-state index contributed by atoms with van der Waals surface area (Å²) in [5.74, 6) is 0.674. The van der Waals surface area contributed by atoms with Crippen LogP contribution >= 0.6 is 0 Å². The van der Waals surface area contributed by atoms with Gasteiger partial charge >= 0.3 is 0 Å². The number of nitrogens with zero attached hydrogens (tertiary/aromatic N) is 3. The summed E-state index contributed by atoms with van der Waals surface area (Å²) in [6.07, 6.45) is 0. The van der Waals surface area contributed by atoms with Crippen molar-refractivity contribution in [3.05, 3.63) is 0 Å². The molecule has 0 spiro atoms. The summed E-state index contributed by atoms with van der Waals surface area (Å²) in [5.41, 5.74) is 10.6. The molecule has 0 aromatic rings. The molecule has 5 nitrogen and oxygen atoms in total. The van der Waals surface area contributed by atoms with E-state index in [2.05, 4.69) is 9.98 Å². The van der Waals surface area contributed by atoms with Crippen molar-refractivity contribution >= 4 is 11.9 Å². The van der Waals surface area contributed by atoms with Gasteiger partial charge in [0.25, 0.3) is 0 Å². The third kappa shape index (κ3) is 1.10. The number of guanidine groups is 2. The van der Waals surface area contributed by atoms with Gasteiger partial charge in [0.1, 0.15) is 6.67 Å². The molecule has 1 aliphatic rings. The van der Waals surface area contributed by atoms with Gasteiger partial charge in [-0.2, -0.15) is 4.99 Å². The van der Waals surface area contributed by atoms with Crippen molar-refractivity contribution in [3.8, 4) is 0 Å². The number of rotatable bonds is 0. The maximum absolute atomic E-state index is 5.38. The molecule has 0 fully saturated rings. The summed E-state index contributed by atoms with van der Waals surface area (Å²) in [4.78, 5) is 9.23. The molecule has 0 radical (unpaired) electrons. The summed E-state index contributed by atoms with van der Waals surface area (Å²) in [6, 6.07) is 0. The van der Waals surface area contributed by atoms with Crippen LogP contribution in [0.15, 0.2) is 9.98 Å². The molecule has 1 heterocycles. The Hall–Kier alpha value is -1.26. The van der Waals surface area contributed by atoms with E-state index in [1.807, 2.05) is 0 Å². The number of aliphatic imine (C=N–C) groups is 2. The fourth-order valence-electron chi connectivity index (χ4n) is 0.489. The molecule has 0 saturated carbocycles. The van der Waals surface area contributed by atoms with E-state index in [4.69, 9.17) is 11.5 Å². The lowest BCUT2D eigenvalue weighted by molar-refractivity contribution is 0.509. The van der Waals surface area contributed by atoms with Gasteiger partial charge < -0.3 is 16.4 Å². The molecule has 1 rings (SSSR count). The van der Waals surface area contributed by atoms with Crippen molar-refractivity contribution in [2.45, 2.75) is 0 Å². The predicted octanol–water partition coefficient (Wildman–Crippen LogP) is -1.48. The van der Waals surface area contributed by atoms with Crippen molar-refractivity contribution in [3.63, 3.8) is 0 Å². The van der Waals surface area contributed by atoms with E-state index in [9.17, 15) is 0 Å². The van der Waals surface area contributed by atoms with Gasteiger partial charge in [-0.05, 0) is 0 Å². The number of hydrogen-bond donors (Lipinski definition) is 2. The Balaban J connectivity index is 2.74. The van der Waals surface area contributed by atoms with Crippen LogP contribution in [0.4, 0.5) is 0 Å². The molecule has 0 aliphatic carbocycles. The minimum atomic E-state index is 0.255. The second-order valence-electron chi connectivity index (χ2n) is 1.83. The molecule has 1 aliphatic heterocycles. The number of nitrogens with two attached hydrogens (primary N) is 2. The second kappa shape index (κ2) is 1.93. The van der Waals surface area contributed by atoms with Crippen LogP contribution in [0.3, 0.4) is 0 Å². The fraction of sp³-hybridized carbons (Fsp3) is 0.500. The van der Waals surface area contributed by atoms with E-state index in [-0.39, 0.29) is 5.96 Å². The quantitative estimate of drug-likeness (QED) is 0.416. The first-order chi connectivity index (χ1) is 4.20. The van der Waals surface area contributed by atoms with Crippen molar-refractivity contribution in [2.75, 3.05) is 13.7 Å². The van der Waals surface area contributed by atoms with E-state index < -0.39 is 0 Å². The molecular weight excluding hydrogens is 118 g/mol. The zero-order chi connectivity index (χ0) is 6.85. The molecule has 0 bridgehead atoms. The highest BCUT2D eigenvalue weighted by molar-refractivity contribution is 5.94. The summed E-state index contributed by atoms with van der Waals surface area (Å²) in [6.45, 7) is 0.501. The Morgan fingerprint density at radius 3 is 2.67 bits per heavy atom. The first-order valence-corrected chi connectivity index (χ1v) is 2.55. The normalized spacial score (nSPS) is 19.0. The van der Waals surface area contributed by atoms with E-state index in [1.54, 1.807) is 11.9 Å². The van der Waals surface area contributed by atoms with Crippen LogP contribution in [0.5, 0.6) is 0 Å². The van der Waals surface area contributed by atoms with Gasteiger partial charge in [0.05, 0.1) is 0 Å². The first kappa shape index (κ1) is 5.87. The lowest BCUT2D eigenvalue weighted by Crippen LogP contribution is -2.39. The average molecular weight is 127 g/mol. The third-order valence-electron chi connectivity index (χ3n) is 1.07. The molecule has 4 N–H and O–H groups in total. The molecule has 0 amide bonds. The Bertz CT molecular complexity index is 170. The number of hydrogen-bond acceptors (Lipinski definition) is 5.